The van der Waals surface area contributed by atoms with Gasteiger partial charge in [0.05, 0.1) is 19.5 Å². The fourth-order valence-electron chi connectivity index (χ4n) is 2.80. The highest BCUT2D eigenvalue weighted by atomic mass is 16.5. The molecule has 0 radical (unpaired) electrons. The molecule has 1 saturated carbocycles. The van der Waals surface area contributed by atoms with Crippen molar-refractivity contribution in [1.29, 1.82) is 0 Å². The number of hydrogen-bond donors (Lipinski definition) is 2. The molecule has 8 heteroatoms. The monoisotopic (exact) mass is 327 g/mol. The molecule has 1 aliphatic carbocycles. The molecule has 0 unspecified atom stereocenters. The fourth-order valence-corrected chi connectivity index (χ4v) is 2.80. The molecule has 2 N–H and O–H groups in total. The van der Waals surface area contributed by atoms with Crippen LogP contribution in [-0.2, 0) is 0 Å². The molecule has 3 heterocycles. The molecule has 0 amide bonds. The van der Waals surface area contributed by atoms with Crippen LogP contribution in [0.25, 0.3) is 11.0 Å². The van der Waals surface area contributed by atoms with E-state index in [0.717, 1.165) is 35.4 Å². The van der Waals surface area contributed by atoms with Gasteiger partial charge in [-0.15, -0.1) is 5.10 Å². The number of ether oxygens (including phenoxy) is 1. The summed E-state index contributed by atoms with van der Waals surface area (Å²) in [7, 11) is 1.61. The molecular formula is C16H21N7O. The normalized spacial score (nSPS) is 15.0. The van der Waals surface area contributed by atoms with Crippen molar-refractivity contribution >= 4 is 22.5 Å². The summed E-state index contributed by atoms with van der Waals surface area (Å²) in [5, 5.41) is 14.9. The third-order valence-electron chi connectivity index (χ3n) is 4.46. The average molecular weight is 327 g/mol. The molecule has 0 aromatic carbocycles. The largest absolute Gasteiger partial charge is 0.478 e. The molecule has 1 fully saturated rings. The summed E-state index contributed by atoms with van der Waals surface area (Å²) in [6, 6.07) is 0.248. The molecule has 4 rings (SSSR count). The van der Waals surface area contributed by atoms with Gasteiger partial charge in [-0.1, -0.05) is 6.42 Å². The van der Waals surface area contributed by atoms with Crippen molar-refractivity contribution in [3.8, 4) is 5.88 Å². The first-order valence-corrected chi connectivity index (χ1v) is 8.27. The van der Waals surface area contributed by atoms with Crippen LogP contribution in [0.3, 0.4) is 0 Å². The van der Waals surface area contributed by atoms with Crippen molar-refractivity contribution in [2.24, 2.45) is 0 Å². The Hall–Kier alpha value is -2.64. The third-order valence-corrected chi connectivity index (χ3v) is 4.46. The SMILES string of the molecule is COc1nn(C(C)C)cc1Nc1nc(C2CCC2)nc2cn[nH]c12. The molecular weight excluding hydrogens is 306 g/mol. The summed E-state index contributed by atoms with van der Waals surface area (Å²) < 4.78 is 7.25. The van der Waals surface area contributed by atoms with E-state index >= 15 is 0 Å². The van der Waals surface area contributed by atoms with E-state index in [4.69, 9.17) is 9.72 Å². The van der Waals surface area contributed by atoms with E-state index in [-0.39, 0.29) is 6.04 Å². The Morgan fingerprint density at radius 1 is 1.33 bits per heavy atom. The van der Waals surface area contributed by atoms with Crippen molar-refractivity contribution in [2.45, 2.75) is 45.1 Å². The van der Waals surface area contributed by atoms with Crippen LogP contribution in [0.2, 0.25) is 0 Å². The fraction of sp³-hybridized carbons (Fsp3) is 0.500. The summed E-state index contributed by atoms with van der Waals surface area (Å²) in [5.74, 6) is 2.58. The lowest BCUT2D eigenvalue weighted by Crippen LogP contribution is -2.13. The molecule has 0 saturated heterocycles. The van der Waals surface area contributed by atoms with Crippen LogP contribution in [-0.4, -0.2) is 37.1 Å². The van der Waals surface area contributed by atoms with Gasteiger partial charge in [0.1, 0.15) is 22.5 Å². The molecule has 3 aromatic heterocycles. The number of hydrogen-bond acceptors (Lipinski definition) is 6. The number of methoxy groups -OCH3 is 1. The smallest absolute Gasteiger partial charge is 0.256 e. The zero-order chi connectivity index (χ0) is 16.7. The summed E-state index contributed by atoms with van der Waals surface area (Å²) in [4.78, 5) is 9.37. The Balaban J connectivity index is 1.74. The standard InChI is InChI=1S/C16H21N7O/c1-9(2)23-8-12(16(22-23)24-3)19-15-13-11(7-17-21-13)18-14(20-15)10-5-4-6-10/h7-10H,4-6H2,1-3H3,(H,17,21)(H,18,19,20). The molecule has 24 heavy (non-hydrogen) atoms. The lowest BCUT2D eigenvalue weighted by atomic mass is 9.85. The quantitative estimate of drug-likeness (QED) is 0.747. The van der Waals surface area contributed by atoms with Gasteiger partial charge in [0.2, 0.25) is 0 Å². The molecule has 0 bridgehead atoms. The van der Waals surface area contributed by atoms with Crippen LogP contribution in [0, 0.1) is 0 Å². The summed E-state index contributed by atoms with van der Waals surface area (Å²) in [6.07, 6.45) is 7.21. The molecule has 0 atom stereocenters. The molecule has 8 nitrogen and oxygen atoms in total. The van der Waals surface area contributed by atoms with Gasteiger partial charge in [0.15, 0.2) is 5.82 Å². The maximum absolute atomic E-state index is 5.39. The number of aromatic nitrogens is 6. The van der Waals surface area contributed by atoms with Crippen molar-refractivity contribution in [3.63, 3.8) is 0 Å². The maximum atomic E-state index is 5.39. The van der Waals surface area contributed by atoms with E-state index < -0.39 is 0 Å². The van der Waals surface area contributed by atoms with Crippen LogP contribution in [0.1, 0.15) is 50.9 Å². The lowest BCUT2D eigenvalue weighted by Gasteiger charge is -2.24. The second-order valence-electron chi connectivity index (χ2n) is 6.44. The first-order valence-electron chi connectivity index (χ1n) is 8.27. The average Bonchev–Trinajstić information content (AvgIpc) is 3.11. The third kappa shape index (κ3) is 2.47. The van der Waals surface area contributed by atoms with E-state index in [2.05, 4.69) is 39.4 Å². The highest BCUT2D eigenvalue weighted by Gasteiger charge is 2.24. The number of aromatic amines is 1. The lowest BCUT2D eigenvalue weighted by molar-refractivity contribution is 0.384. The Labute approximate surface area is 139 Å². The van der Waals surface area contributed by atoms with Crippen molar-refractivity contribution in [3.05, 3.63) is 18.2 Å². The van der Waals surface area contributed by atoms with Gasteiger partial charge in [0.25, 0.3) is 5.88 Å². The second-order valence-corrected chi connectivity index (χ2v) is 6.44. The Kier molecular flexibility index (Phi) is 3.59. The summed E-state index contributed by atoms with van der Waals surface area (Å²) >= 11 is 0. The van der Waals surface area contributed by atoms with Crippen LogP contribution in [0.15, 0.2) is 12.4 Å². The predicted molar refractivity (Wildman–Crippen MR) is 90.7 cm³/mol. The van der Waals surface area contributed by atoms with Crippen LogP contribution >= 0.6 is 0 Å². The highest BCUT2D eigenvalue weighted by Crippen LogP contribution is 2.36. The first-order chi connectivity index (χ1) is 11.7. The van der Waals surface area contributed by atoms with Crippen LogP contribution < -0.4 is 10.1 Å². The number of anilines is 2. The molecule has 1 aliphatic rings. The van der Waals surface area contributed by atoms with E-state index in [1.165, 1.54) is 6.42 Å². The van der Waals surface area contributed by atoms with Crippen LogP contribution in [0.4, 0.5) is 11.5 Å². The van der Waals surface area contributed by atoms with Crippen molar-refractivity contribution in [1.82, 2.24) is 29.9 Å². The molecule has 3 aromatic rings. The zero-order valence-electron chi connectivity index (χ0n) is 14.1. The van der Waals surface area contributed by atoms with E-state index in [0.29, 0.717) is 17.6 Å². The minimum atomic E-state index is 0.248. The Morgan fingerprint density at radius 3 is 2.83 bits per heavy atom. The highest BCUT2D eigenvalue weighted by molar-refractivity contribution is 5.87. The van der Waals surface area contributed by atoms with E-state index in [9.17, 15) is 0 Å². The van der Waals surface area contributed by atoms with Crippen molar-refractivity contribution in [2.75, 3.05) is 12.4 Å². The van der Waals surface area contributed by atoms with Crippen LogP contribution in [0.5, 0.6) is 5.88 Å². The van der Waals surface area contributed by atoms with E-state index in [1.54, 1.807) is 13.3 Å². The van der Waals surface area contributed by atoms with Gasteiger partial charge in [-0.25, -0.2) is 9.97 Å². The van der Waals surface area contributed by atoms with Gasteiger partial charge < -0.3 is 10.1 Å². The van der Waals surface area contributed by atoms with Gasteiger partial charge in [-0.3, -0.25) is 9.78 Å². The van der Waals surface area contributed by atoms with Gasteiger partial charge in [0, 0.05) is 12.0 Å². The van der Waals surface area contributed by atoms with Gasteiger partial charge >= 0.3 is 0 Å². The minimum absolute atomic E-state index is 0.248. The molecule has 0 aliphatic heterocycles. The number of nitrogens with one attached hydrogen (secondary N) is 2. The Morgan fingerprint density at radius 2 is 2.17 bits per heavy atom. The number of H-pyrrole nitrogens is 1. The Bertz CT molecular complexity index is 863. The number of fused-ring (bicyclic) bond motifs is 1. The predicted octanol–water partition coefficient (Wildman–Crippen LogP) is 3.15. The number of rotatable bonds is 5. The van der Waals surface area contributed by atoms with Gasteiger partial charge in [-0.2, -0.15) is 5.10 Å². The van der Waals surface area contributed by atoms with Gasteiger partial charge in [-0.05, 0) is 26.7 Å². The second kappa shape index (κ2) is 5.77. The van der Waals surface area contributed by atoms with Crippen molar-refractivity contribution < 1.29 is 4.74 Å². The summed E-state index contributed by atoms with van der Waals surface area (Å²) in [5.41, 5.74) is 2.39. The minimum Gasteiger partial charge on any atom is -0.478 e. The molecule has 126 valence electrons. The topological polar surface area (TPSA) is 93.5 Å². The van der Waals surface area contributed by atoms with E-state index in [1.807, 2.05) is 10.9 Å². The zero-order valence-corrected chi connectivity index (χ0v) is 14.1. The summed E-state index contributed by atoms with van der Waals surface area (Å²) in [6.45, 7) is 4.14. The number of nitrogens with zero attached hydrogens (tertiary/aromatic N) is 5. The first kappa shape index (κ1) is 14.9. The maximum Gasteiger partial charge on any atom is 0.256 e. The molecule has 0 spiro atoms.